The fourth-order valence-corrected chi connectivity index (χ4v) is 1.85. The Labute approximate surface area is 88.0 Å². The number of nitrogens with zero attached hydrogens (tertiary/aromatic N) is 3. The van der Waals surface area contributed by atoms with E-state index in [2.05, 4.69) is 16.8 Å². The summed E-state index contributed by atoms with van der Waals surface area (Å²) in [5.41, 5.74) is 0. The van der Waals surface area contributed by atoms with Gasteiger partial charge < -0.3 is 9.67 Å². The molecule has 14 heavy (non-hydrogen) atoms. The van der Waals surface area contributed by atoms with Crippen molar-refractivity contribution in [3.8, 4) is 0 Å². The van der Waals surface area contributed by atoms with E-state index in [1.165, 1.54) is 11.8 Å². The molecule has 0 aliphatic heterocycles. The molecule has 0 radical (unpaired) electrons. The minimum absolute atomic E-state index is 0.325. The molecule has 1 rings (SSSR count). The molecule has 5 heteroatoms. The lowest BCUT2D eigenvalue weighted by molar-refractivity contribution is 0.220. The highest BCUT2D eigenvalue weighted by atomic mass is 32.2. The van der Waals surface area contributed by atoms with Crippen LogP contribution in [0, 0.1) is 6.92 Å². The summed E-state index contributed by atoms with van der Waals surface area (Å²) in [5.74, 6) is 1.51. The molecule has 78 valence electrons. The van der Waals surface area contributed by atoms with Gasteiger partial charge in [-0.2, -0.15) is 0 Å². The van der Waals surface area contributed by atoms with Crippen LogP contribution in [0.1, 0.15) is 12.7 Å². The molecule has 1 aromatic heterocycles. The average molecular weight is 213 g/mol. The largest absolute Gasteiger partial charge is 0.393 e. The lowest BCUT2D eigenvalue weighted by Crippen LogP contribution is -2.05. The predicted molar refractivity (Wildman–Crippen MR) is 57.4 cm³/mol. The number of aryl methyl sites for hydroxylation is 1. The maximum Gasteiger partial charge on any atom is 0.191 e. The van der Waals surface area contributed by atoms with Gasteiger partial charge in [0, 0.05) is 12.3 Å². The van der Waals surface area contributed by atoms with E-state index in [9.17, 15) is 0 Å². The number of allylic oxidation sites excluding steroid dienone is 1. The third kappa shape index (κ3) is 2.85. The third-order valence-corrected chi connectivity index (χ3v) is 2.88. The van der Waals surface area contributed by atoms with Gasteiger partial charge in [0.05, 0.1) is 6.10 Å². The first-order chi connectivity index (χ1) is 6.65. The number of hydrogen-bond donors (Lipinski definition) is 1. The van der Waals surface area contributed by atoms with Gasteiger partial charge in [-0.25, -0.2) is 0 Å². The van der Waals surface area contributed by atoms with E-state index in [0.717, 1.165) is 11.0 Å². The molecule has 1 unspecified atom stereocenters. The van der Waals surface area contributed by atoms with E-state index in [-0.39, 0.29) is 6.10 Å². The summed E-state index contributed by atoms with van der Waals surface area (Å²) in [5, 5.41) is 18.0. The summed E-state index contributed by atoms with van der Waals surface area (Å²) in [6.07, 6.45) is 1.48. The van der Waals surface area contributed by atoms with Crippen molar-refractivity contribution in [3.05, 3.63) is 18.5 Å². The Morgan fingerprint density at radius 1 is 1.64 bits per heavy atom. The predicted octanol–water partition coefficient (Wildman–Crippen LogP) is 1.25. The second kappa shape index (κ2) is 5.17. The van der Waals surface area contributed by atoms with Crippen molar-refractivity contribution >= 4 is 11.8 Å². The van der Waals surface area contributed by atoms with Gasteiger partial charge in [0.25, 0.3) is 0 Å². The number of aromatic nitrogens is 3. The van der Waals surface area contributed by atoms with Crippen LogP contribution < -0.4 is 0 Å². The molecule has 1 heterocycles. The fraction of sp³-hybridized carbons (Fsp3) is 0.556. The lowest BCUT2D eigenvalue weighted by Gasteiger charge is -2.05. The first kappa shape index (κ1) is 11.3. The van der Waals surface area contributed by atoms with Gasteiger partial charge in [0.15, 0.2) is 5.16 Å². The van der Waals surface area contributed by atoms with Gasteiger partial charge in [0.2, 0.25) is 0 Å². The molecule has 0 saturated carbocycles. The third-order valence-electron chi connectivity index (χ3n) is 1.67. The molecule has 4 nitrogen and oxygen atoms in total. The Hall–Kier alpha value is -0.810. The molecule has 0 aromatic carbocycles. The topological polar surface area (TPSA) is 50.9 Å². The molecule has 0 fully saturated rings. The van der Waals surface area contributed by atoms with Gasteiger partial charge >= 0.3 is 0 Å². The summed E-state index contributed by atoms with van der Waals surface area (Å²) in [4.78, 5) is 0. The van der Waals surface area contributed by atoms with Crippen molar-refractivity contribution in [2.24, 2.45) is 0 Å². The summed E-state index contributed by atoms with van der Waals surface area (Å²) >= 11 is 1.51. The Kier molecular flexibility index (Phi) is 4.16. The second-order valence-electron chi connectivity index (χ2n) is 3.09. The van der Waals surface area contributed by atoms with Gasteiger partial charge in [-0.15, -0.1) is 16.8 Å². The minimum atomic E-state index is -0.325. The van der Waals surface area contributed by atoms with Crippen LogP contribution in [-0.2, 0) is 6.54 Å². The second-order valence-corrected chi connectivity index (χ2v) is 4.08. The van der Waals surface area contributed by atoms with E-state index in [0.29, 0.717) is 12.3 Å². The molecule has 0 aliphatic rings. The van der Waals surface area contributed by atoms with Crippen LogP contribution in [0.5, 0.6) is 0 Å². The van der Waals surface area contributed by atoms with Crippen molar-refractivity contribution in [1.82, 2.24) is 14.8 Å². The summed E-state index contributed by atoms with van der Waals surface area (Å²) in [7, 11) is 0. The van der Waals surface area contributed by atoms with Gasteiger partial charge in [0.1, 0.15) is 5.82 Å². The normalized spacial score (nSPS) is 12.8. The molecule has 1 N–H and O–H groups in total. The number of aliphatic hydroxyl groups is 1. The zero-order valence-electron chi connectivity index (χ0n) is 8.47. The standard InChI is InChI=1S/C9H15N3OS/c1-4-5-12-8(3)10-11-9(12)14-6-7(2)13/h4,7,13H,1,5-6H2,2-3H3. The first-order valence-corrected chi connectivity index (χ1v) is 5.45. The van der Waals surface area contributed by atoms with Crippen molar-refractivity contribution < 1.29 is 5.11 Å². The molecule has 0 bridgehead atoms. The molecule has 1 atom stereocenters. The van der Waals surface area contributed by atoms with E-state index in [1.807, 2.05) is 17.6 Å². The monoisotopic (exact) mass is 213 g/mol. The number of rotatable bonds is 5. The zero-order chi connectivity index (χ0) is 10.6. The molecular weight excluding hydrogens is 198 g/mol. The SMILES string of the molecule is C=CCn1c(C)nnc1SCC(C)O. The highest BCUT2D eigenvalue weighted by molar-refractivity contribution is 7.99. The Balaban J connectivity index is 2.70. The number of aliphatic hydroxyl groups excluding tert-OH is 1. The molecule has 0 aliphatic carbocycles. The molecule has 0 amide bonds. The zero-order valence-corrected chi connectivity index (χ0v) is 9.29. The van der Waals surface area contributed by atoms with Crippen molar-refractivity contribution in [2.75, 3.05) is 5.75 Å². The van der Waals surface area contributed by atoms with E-state index in [4.69, 9.17) is 5.11 Å². The van der Waals surface area contributed by atoms with Gasteiger partial charge in [-0.3, -0.25) is 0 Å². The average Bonchev–Trinajstić information content (AvgIpc) is 2.46. The quantitative estimate of drug-likeness (QED) is 0.590. The Bertz CT molecular complexity index is 309. The highest BCUT2D eigenvalue weighted by Gasteiger charge is 2.08. The molecule has 0 saturated heterocycles. The summed E-state index contributed by atoms with van der Waals surface area (Å²) in [6, 6.07) is 0. The maximum atomic E-state index is 9.14. The van der Waals surface area contributed by atoms with Crippen LogP contribution in [0.25, 0.3) is 0 Å². The van der Waals surface area contributed by atoms with Crippen LogP contribution in [0.15, 0.2) is 17.8 Å². The molecule has 0 spiro atoms. The molecule has 1 aromatic rings. The molecular formula is C9H15N3OS. The van der Waals surface area contributed by atoms with Gasteiger partial charge in [-0.1, -0.05) is 17.8 Å². The smallest absolute Gasteiger partial charge is 0.191 e. The minimum Gasteiger partial charge on any atom is -0.393 e. The van der Waals surface area contributed by atoms with Crippen molar-refractivity contribution in [3.63, 3.8) is 0 Å². The summed E-state index contributed by atoms with van der Waals surface area (Å²) in [6.45, 7) is 8.05. The van der Waals surface area contributed by atoms with Gasteiger partial charge in [-0.05, 0) is 13.8 Å². The van der Waals surface area contributed by atoms with Crippen LogP contribution >= 0.6 is 11.8 Å². The van der Waals surface area contributed by atoms with E-state index < -0.39 is 0 Å². The number of hydrogen-bond acceptors (Lipinski definition) is 4. The Morgan fingerprint density at radius 2 is 2.36 bits per heavy atom. The summed E-state index contributed by atoms with van der Waals surface area (Å²) < 4.78 is 1.97. The van der Waals surface area contributed by atoms with E-state index >= 15 is 0 Å². The van der Waals surface area contributed by atoms with Crippen LogP contribution in [-0.4, -0.2) is 31.7 Å². The van der Waals surface area contributed by atoms with Crippen molar-refractivity contribution in [1.29, 1.82) is 0 Å². The number of thioether (sulfide) groups is 1. The fourth-order valence-electron chi connectivity index (χ4n) is 1.00. The maximum absolute atomic E-state index is 9.14. The van der Waals surface area contributed by atoms with Crippen molar-refractivity contribution in [2.45, 2.75) is 31.7 Å². The van der Waals surface area contributed by atoms with Crippen LogP contribution in [0.2, 0.25) is 0 Å². The van der Waals surface area contributed by atoms with Crippen LogP contribution in [0.4, 0.5) is 0 Å². The van der Waals surface area contributed by atoms with E-state index in [1.54, 1.807) is 6.92 Å². The first-order valence-electron chi connectivity index (χ1n) is 4.46. The van der Waals surface area contributed by atoms with Crippen LogP contribution in [0.3, 0.4) is 0 Å². The highest BCUT2D eigenvalue weighted by Crippen LogP contribution is 2.17. The Morgan fingerprint density at radius 3 is 2.93 bits per heavy atom. The lowest BCUT2D eigenvalue weighted by atomic mass is 10.5.